The summed E-state index contributed by atoms with van der Waals surface area (Å²) < 4.78 is 0. The summed E-state index contributed by atoms with van der Waals surface area (Å²) in [5, 5.41) is 24.3. The van der Waals surface area contributed by atoms with Crippen LogP contribution >= 0.6 is 11.6 Å². The average molecular weight is 457 g/mol. The second-order valence-corrected chi connectivity index (χ2v) is 9.46. The molecule has 2 nitrogen and oxygen atoms in total. The maximum absolute atomic E-state index is 10.8. The molecule has 0 aliphatic rings. The van der Waals surface area contributed by atoms with Crippen LogP contribution in [0.15, 0.2) is 84.9 Å². The standard InChI is InChI=1S/C30H29ClO2/c1-30(2,33)28-9-4-3-7-24(28)15-17-29(32)25-8-5-6-21(18-25)10-11-22-12-13-23-14-16-27(31)20-26(23)19-22/h3-14,16,18-20,29,32-33H,15,17H2,1-2H3/b11-10+/t29-/m0/s1. The van der Waals surface area contributed by atoms with Gasteiger partial charge in [0.25, 0.3) is 0 Å². The molecule has 4 aromatic rings. The Morgan fingerprint density at radius 1 is 0.818 bits per heavy atom. The number of hydrogen-bond acceptors (Lipinski definition) is 2. The van der Waals surface area contributed by atoms with Crippen LogP contribution in [0.1, 0.15) is 54.2 Å². The minimum atomic E-state index is -0.902. The molecule has 0 aromatic heterocycles. The summed E-state index contributed by atoms with van der Waals surface area (Å²) >= 11 is 6.13. The van der Waals surface area contributed by atoms with Crippen molar-refractivity contribution >= 4 is 34.5 Å². The van der Waals surface area contributed by atoms with Gasteiger partial charge in [0.05, 0.1) is 11.7 Å². The normalized spacial score (nSPS) is 13.0. The fraction of sp³-hybridized carbons (Fsp3) is 0.200. The van der Waals surface area contributed by atoms with Crippen molar-refractivity contribution in [2.75, 3.05) is 0 Å². The van der Waals surface area contributed by atoms with Gasteiger partial charge in [-0.1, -0.05) is 84.4 Å². The third-order valence-electron chi connectivity index (χ3n) is 5.95. The highest BCUT2D eigenvalue weighted by molar-refractivity contribution is 6.31. The largest absolute Gasteiger partial charge is 0.388 e. The van der Waals surface area contributed by atoms with Crippen LogP contribution in [0.2, 0.25) is 5.02 Å². The van der Waals surface area contributed by atoms with E-state index in [2.05, 4.69) is 30.4 Å². The van der Waals surface area contributed by atoms with Gasteiger partial charge in [0.2, 0.25) is 0 Å². The van der Waals surface area contributed by atoms with Crippen LogP contribution < -0.4 is 0 Å². The first kappa shape index (κ1) is 23.3. The molecule has 0 heterocycles. The van der Waals surface area contributed by atoms with Crippen LogP contribution in [-0.2, 0) is 12.0 Å². The summed E-state index contributed by atoms with van der Waals surface area (Å²) in [6.07, 6.45) is 4.85. The van der Waals surface area contributed by atoms with E-state index in [9.17, 15) is 10.2 Å². The number of halogens is 1. The molecule has 0 saturated carbocycles. The van der Waals surface area contributed by atoms with Crippen molar-refractivity contribution in [1.29, 1.82) is 0 Å². The zero-order chi connectivity index (χ0) is 23.4. The van der Waals surface area contributed by atoms with E-state index in [1.165, 1.54) is 0 Å². The third kappa shape index (κ3) is 5.91. The lowest BCUT2D eigenvalue weighted by molar-refractivity contribution is 0.0772. The molecule has 0 radical (unpaired) electrons. The van der Waals surface area contributed by atoms with Crippen LogP contribution in [0, 0.1) is 0 Å². The van der Waals surface area contributed by atoms with Crippen molar-refractivity contribution < 1.29 is 10.2 Å². The van der Waals surface area contributed by atoms with Gasteiger partial charge in [0, 0.05) is 5.02 Å². The Morgan fingerprint density at radius 2 is 1.55 bits per heavy atom. The molecule has 0 unspecified atom stereocenters. The summed E-state index contributed by atoms with van der Waals surface area (Å²) in [6, 6.07) is 28.1. The molecule has 3 heteroatoms. The van der Waals surface area contributed by atoms with Crippen molar-refractivity contribution in [2.45, 2.75) is 38.4 Å². The molecule has 0 amide bonds. The number of aryl methyl sites for hydroxylation is 1. The monoisotopic (exact) mass is 456 g/mol. The van der Waals surface area contributed by atoms with E-state index in [4.69, 9.17) is 11.6 Å². The van der Waals surface area contributed by atoms with Crippen LogP contribution in [-0.4, -0.2) is 10.2 Å². The predicted molar refractivity (Wildman–Crippen MR) is 139 cm³/mol. The van der Waals surface area contributed by atoms with E-state index in [0.717, 1.165) is 43.6 Å². The number of rotatable bonds is 7. The molecule has 0 spiro atoms. The van der Waals surface area contributed by atoms with Crippen molar-refractivity contribution in [3.8, 4) is 0 Å². The number of aliphatic hydroxyl groups is 2. The van der Waals surface area contributed by atoms with E-state index in [0.29, 0.717) is 12.8 Å². The second-order valence-electron chi connectivity index (χ2n) is 9.03. The average Bonchev–Trinajstić information content (AvgIpc) is 2.80. The van der Waals surface area contributed by atoms with Crippen LogP contribution in [0.3, 0.4) is 0 Å². The molecule has 0 aliphatic carbocycles. The number of aliphatic hydroxyl groups excluding tert-OH is 1. The molecule has 168 valence electrons. The highest BCUT2D eigenvalue weighted by Crippen LogP contribution is 2.27. The molecule has 33 heavy (non-hydrogen) atoms. The first-order valence-electron chi connectivity index (χ1n) is 11.3. The fourth-order valence-corrected chi connectivity index (χ4v) is 4.38. The Labute approximate surface area is 200 Å². The maximum Gasteiger partial charge on any atom is 0.0843 e. The minimum Gasteiger partial charge on any atom is -0.388 e. The van der Waals surface area contributed by atoms with Crippen molar-refractivity contribution in [3.63, 3.8) is 0 Å². The highest BCUT2D eigenvalue weighted by atomic mass is 35.5. The molecule has 0 aliphatic heterocycles. The van der Waals surface area contributed by atoms with Gasteiger partial charge in [-0.3, -0.25) is 0 Å². The Bertz CT molecular complexity index is 1280. The fourth-order valence-electron chi connectivity index (χ4n) is 4.20. The predicted octanol–water partition coefficient (Wildman–Crippen LogP) is 7.56. The SMILES string of the molecule is CC(C)(O)c1ccccc1CC[C@H](O)c1cccc(/C=C/c2ccc3ccc(Cl)cc3c2)c1. The van der Waals surface area contributed by atoms with Crippen molar-refractivity contribution in [3.05, 3.63) is 118 Å². The number of fused-ring (bicyclic) bond motifs is 1. The lowest BCUT2D eigenvalue weighted by Crippen LogP contribution is -2.18. The first-order chi connectivity index (χ1) is 15.8. The zero-order valence-electron chi connectivity index (χ0n) is 19.0. The van der Waals surface area contributed by atoms with E-state index in [1.54, 1.807) is 13.8 Å². The molecular formula is C30H29ClO2. The van der Waals surface area contributed by atoms with Gasteiger partial charge in [-0.05, 0) is 89.5 Å². The molecule has 0 fully saturated rings. The van der Waals surface area contributed by atoms with Gasteiger partial charge in [0.1, 0.15) is 0 Å². The molecule has 4 rings (SSSR count). The van der Waals surface area contributed by atoms with E-state index >= 15 is 0 Å². The van der Waals surface area contributed by atoms with E-state index < -0.39 is 11.7 Å². The van der Waals surface area contributed by atoms with Gasteiger partial charge >= 0.3 is 0 Å². The lowest BCUT2D eigenvalue weighted by Gasteiger charge is -2.22. The van der Waals surface area contributed by atoms with Crippen LogP contribution in [0.4, 0.5) is 0 Å². The second kappa shape index (κ2) is 9.93. The Balaban J connectivity index is 1.47. The lowest BCUT2D eigenvalue weighted by atomic mass is 9.90. The van der Waals surface area contributed by atoms with Gasteiger partial charge in [-0.15, -0.1) is 0 Å². The molecule has 0 saturated heterocycles. The molecule has 2 N–H and O–H groups in total. The third-order valence-corrected chi connectivity index (χ3v) is 6.19. The summed E-state index contributed by atoms with van der Waals surface area (Å²) in [7, 11) is 0. The number of benzene rings is 4. The maximum atomic E-state index is 10.8. The van der Waals surface area contributed by atoms with E-state index in [1.807, 2.05) is 66.7 Å². The molecule has 0 bridgehead atoms. The van der Waals surface area contributed by atoms with Crippen molar-refractivity contribution in [2.24, 2.45) is 0 Å². The Morgan fingerprint density at radius 3 is 2.33 bits per heavy atom. The summed E-state index contributed by atoms with van der Waals surface area (Å²) in [4.78, 5) is 0. The van der Waals surface area contributed by atoms with Gasteiger partial charge in [0.15, 0.2) is 0 Å². The Hall–Kier alpha value is -2.91. The quantitative estimate of drug-likeness (QED) is 0.282. The minimum absolute atomic E-state index is 0.573. The number of hydrogen-bond donors (Lipinski definition) is 2. The summed E-state index contributed by atoms with van der Waals surface area (Å²) in [5.74, 6) is 0. The first-order valence-corrected chi connectivity index (χ1v) is 11.6. The van der Waals surface area contributed by atoms with E-state index in [-0.39, 0.29) is 0 Å². The molecule has 1 atom stereocenters. The van der Waals surface area contributed by atoms with Gasteiger partial charge in [-0.25, -0.2) is 0 Å². The zero-order valence-corrected chi connectivity index (χ0v) is 19.8. The summed E-state index contributed by atoms with van der Waals surface area (Å²) in [6.45, 7) is 3.59. The molecule has 4 aromatic carbocycles. The van der Waals surface area contributed by atoms with Crippen LogP contribution in [0.25, 0.3) is 22.9 Å². The van der Waals surface area contributed by atoms with Gasteiger partial charge in [-0.2, -0.15) is 0 Å². The van der Waals surface area contributed by atoms with Gasteiger partial charge < -0.3 is 10.2 Å². The van der Waals surface area contributed by atoms with Crippen LogP contribution in [0.5, 0.6) is 0 Å². The Kier molecular flexibility index (Phi) is 6.99. The summed E-state index contributed by atoms with van der Waals surface area (Å²) in [5.41, 5.74) is 4.10. The molecular weight excluding hydrogens is 428 g/mol. The van der Waals surface area contributed by atoms with Crippen molar-refractivity contribution in [1.82, 2.24) is 0 Å². The highest BCUT2D eigenvalue weighted by Gasteiger charge is 2.20. The smallest absolute Gasteiger partial charge is 0.0843 e. The topological polar surface area (TPSA) is 40.5 Å².